The summed E-state index contributed by atoms with van der Waals surface area (Å²) in [7, 11) is 0. The minimum Gasteiger partial charge on any atom is -0.461 e. The van der Waals surface area contributed by atoms with E-state index in [1.165, 1.54) is 11.1 Å². The molecule has 4 rings (SSSR count). The summed E-state index contributed by atoms with van der Waals surface area (Å²) < 4.78 is 7.83. The normalized spacial score (nSPS) is 12.0. The van der Waals surface area contributed by atoms with Crippen molar-refractivity contribution in [2.75, 3.05) is 0 Å². The molecule has 0 saturated heterocycles. The summed E-state index contributed by atoms with van der Waals surface area (Å²) in [6, 6.07) is 20.9. The average Bonchev–Trinajstić information content (AvgIpc) is 3.23. The second-order valence-electron chi connectivity index (χ2n) is 7.43. The van der Waals surface area contributed by atoms with Crippen LogP contribution in [0.25, 0.3) is 22.6 Å². The third-order valence-electron chi connectivity index (χ3n) is 4.56. The average molecular weight is 330 g/mol. The third-order valence-corrected chi connectivity index (χ3v) is 4.56. The van der Waals surface area contributed by atoms with Crippen molar-refractivity contribution in [1.82, 2.24) is 9.55 Å². The summed E-state index contributed by atoms with van der Waals surface area (Å²) in [5.74, 6) is 1.66. The zero-order valence-corrected chi connectivity index (χ0v) is 14.9. The van der Waals surface area contributed by atoms with E-state index < -0.39 is 0 Å². The molecule has 0 aliphatic carbocycles. The van der Waals surface area contributed by atoms with Crippen LogP contribution in [-0.4, -0.2) is 9.55 Å². The number of para-hydroxylation sites is 2. The molecule has 0 aliphatic heterocycles. The molecule has 0 unspecified atom stereocenters. The number of imidazole rings is 1. The molecule has 0 amide bonds. The van der Waals surface area contributed by atoms with E-state index in [0.717, 1.165) is 29.2 Å². The van der Waals surface area contributed by atoms with Crippen LogP contribution in [0, 0.1) is 0 Å². The van der Waals surface area contributed by atoms with Crippen LogP contribution in [-0.2, 0) is 12.0 Å². The molecule has 25 heavy (non-hydrogen) atoms. The lowest BCUT2D eigenvalue weighted by Crippen LogP contribution is -2.11. The number of fused-ring (bicyclic) bond motifs is 1. The first kappa shape index (κ1) is 15.7. The van der Waals surface area contributed by atoms with Crippen molar-refractivity contribution in [3.8, 4) is 11.6 Å². The summed E-state index contributed by atoms with van der Waals surface area (Å²) >= 11 is 0. The molecular formula is C22H22N2O. The Labute approximate surface area is 147 Å². The fourth-order valence-corrected chi connectivity index (χ4v) is 3.12. The molecule has 0 N–H and O–H groups in total. The van der Waals surface area contributed by atoms with Crippen LogP contribution in [0.1, 0.15) is 31.9 Å². The molecule has 2 heterocycles. The predicted octanol–water partition coefficient (Wildman–Crippen LogP) is 5.64. The molecule has 126 valence electrons. The van der Waals surface area contributed by atoms with Gasteiger partial charge in [-0.05, 0) is 40.8 Å². The van der Waals surface area contributed by atoms with Gasteiger partial charge in [-0.2, -0.15) is 0 Å². The zero-order chi connectivity index (χ0) is 17.4. The molecular weight excluding hydrogens is 308 g/mol. The topological polar surface area (TPSA) is 31.0 Å². The van der Waals surface area contributed by atoms with Crippen molar-refractivity contribution in [3.05, 3.63) is 78.1 Å². The van der Waals surface area contributed by atoms with Crippen LogP contribution in [0.4, 0.5) is 0 Å². The largest absolute Gasteiger partial charge is 0.461 e. The van der Waals surface area contributed by atoms with Gasteiger partial charge < -0.3 is 8.98 Å². The lowest BCUT2D eigenvalue weighted by atomic mass is 9.87. The van der Waals surface area contributed by atoms with E-state index >= 15 is 0 Å². The first-order valence-corrected chi connectivity index (χ1v) is 8.61. The lowest BCUT2D eigenvalue weighted by molar-refractivity contribution is 0.572. The number of nitrogens with zero attached hydrogens (tertiary/aromatic N) is 2. The van der Waals surface area contributed by atoms with Crippen molar-refractivity contribution >= 4 is 11.0 Å². The van der Waals surface area contributed by atoms with E-state index in [2.05, 4.69) is 61.7 Å². The van der Waals surface area contributed by atoms with Gasteiger partial charge in [0.05, 0.1) is 17.3 Å². The molecule has 0 spiro atoms. The molecule has 3 heteroatoms. The zero-order valence-electron chi connectivity index (χ0n) is 14.9. The summed E-state index contributed by atoms with van der Waals surface area (Å²) in [4.78, 5) is 4.78. The van der Waals surface area contributed by atoms with Crippen molar-refractivity contribution in [2.24, 2.45) is 0 Å². The second kappa shape index (κ2) is 5.92. The van der Waals surface area contributed by atoms with Gasteiger partial charge in [0.15, 0.2) is 11.6 Å². The molecule has 2 aromatic carbocycles. The van der Waals surface area contributed by atoms with Crippen molar-refractivity contribution < 1.29 is 4.42 Å². The Morgan fingerprint density at radius 3 is 2.36 bits per heavy atom. The van der Waals surface area contributed by atoms with E-state index in [4.69, 9.17) is 9.40 Å². The summed E-state index contributed by atoms with van der Waals surface area (Å²) in [6.45, 7) is 7.47. The van der Waals surface area contributed by atoms with Crippen LogP contribution in [0.15, 0.2) is 71.3 Å². The van der Waals surface area contributed by atoms with E-state index in [9.17, 15) is 0 Å². The van der Waals surface area contributed by atoms with Crippen molar-refractivity contribution in [3.63, 3.8) is 0 Å². The van der Waals surface area contributed by atoms with Crippen LogP contribution >= 0.6 is 0 Å². The number of furan rings is 1. The fraction of sp³-hybridized carbons (Fsp3) is 0.227. The van der Waals surface area contributed by atoms with E-state index in [-0.39, 0.29) is 5.41 Å². The van der Waals surface area contributed by atoms with Gasteiger partial charge in [-0.25, -0.2) is 4.98 Å². The number of hydrogen-bond acceptors (Lipinski definition) is 2. The van der Waals surface area contributed by atoms with Gasteiger partial charge in [0, 0.05) is 6.54 Å². The van der Waals surface area contributed by atoms with Gasteiger partial charge in [-0.3, -0.25) is 0 Å². The van der Waals surface area contributed by atoms with Crippen LogP contribution in [0.3, 0.4) is 0 Å². The van der Waals surface area contributed by atoms with Crippen molar-refractivity contribution in [1.29, 1.82) is 0 Å². The molecule has 3 nitrogen and oxygen atoms in total. The molecule has 0 radical (unpaired) electrons. The molecule has 0 bridgehead atoms. The van der Waals surface area contributed by atoms with Crippen LogP contribution in [0.2, 0.25) is 0 Å². The third kappa shape index (κ3) is 2.98. The van der Waals surface area contributed by atoms with Gasteiger partial charge >= 0.3 is 0 Å². The van der Waals surface area contributed by atoms with E-state index in [0.29, 0.717) is 0 Å². The molecule has 2 aromatic heterocycles. The van der Waals surface area contributed by atoms with Gasteiger partial charge in [0.1, 0.15) is 0 Å². The smallest absolute Gasteiger partial charge is 0.177 e. The Bertz CT molecular complexity index is 987. The van der Waals surface area contributed by atoms with Gasteiger partial charge in [0.25, 0.3) is 0 Å². The maximum absolute atomic E-state index is 5.61. The number of aromatic nitrogens is 2. The number of benzene rings is 2. The molecule has 0 fully saturated rings. The molecule has 0 aliphatic rings. The minimum atomic E-state index is 0.166. The minimum absolute atomic E-state index is 0.166. The Morgan fingerprint density at radius 2 is 1.68 bits per heavy atom. The maximum atomic E-state index is 5.61. The predicted molar refractivity (Wildman–Crippen MR) is 102 cm³/mol. The molecule has 0 atom stereocenters. The summed E-state index contributed by atoms with van der Waals surface area (Å²) in [6.07, 6.45) is 1.69. The Hall–Kier alpha value is -2.81. The first-order chi connectivity index (χ1) is 12.0. The SMILES string of the molecule is CC(C)(C)c1ccc(Cn2c(-c3ccco3)nc3ccccc32)cc1. The van der Waals surface area contributed by atoms with Crippen molar-refractivity contribution in [2.45, 2.75) is 32.7 Å². The lowest BCUT2D eigenvalue weighted by Gasteiger charge is -2.19. The summed E-state index contributed by atoms with van der Waals surface area (Å²) in [5, 5.41) is 0. The Balaban J connectivity index is 1.77. The van der Waals surface area contributed by atoms with Gasteiger partial charge in [0.2, 0.25) is 0 Å². The maximum Gasteiger partial charge on any atom is 0.177 e. The number of hydrogen-bond donors (Lipinski definition) is 0. The fourth-order valence-electron chi connectivity index (χ4n) is 3.12. The Kier molecular flexibility index (Phi) is 3.72. The van der Waals surface area contributed by atoms with Crippen LogP contribution in [0.5, 0.6) is 0 Å². The monoisotopic (exact) mass is 330 g/mol. The molecule has 4 aromatic rings. The van der Waals surface area contributed by atoms with E-state index in [1.807, 2.05) is 24.3 Å². The highest BCUT2D eigenvalue weighted by atomic mass is 16.3. The first-order valence-electron chi connectivity index (χ1n) is 8.61. The van der Waals surface area contributed by atoms with Gasteiger partial charge in [-0.15, -0.1) is 0 Å². The van der Waals surface area contributed by atoms with Crippen LogP contribution < -0.4 is 0 Å². The highest BCUT2D eigenvalue weighted by molar-refractivity contribution is 5.79. The number of rotatable bonds is 3. The van der Waals surface area contributed by atoms with Gasteiger partial charge in [-0.1, -0.05) is 57.2 Å². The highest BCUT2D eigenvalue weighted by Gasteiger charge is 2.16. The summed E-state index contributed by atoms with van der Waals surface area (Å²) in [5.41, 5.74) is 4.87. The second-order valence-corrected chi connectivity index (χ2v) is 7.43. The Morgan fingerprint density at radius 1 is 0.920 bits per heavy atom. The van der Waals surface area contributed by atoms with E-state index in [1.54, 1.807) is 6.26 Å². The highest BCUT2D eigenvalue weighted by Crippen LogP contribution is 2.27. The standard InChI is InChI=1S/C22H22N2O/c1-22(2,3)17-12-10-16(11-13-17)15-24-19-8-5-4-7-18(19)23-21(24)20-9-6-14-25-20/h4-14H,15H2,1-3H3. The quantitative estimate of drug-likeness (QED) is 0.486. The molecule has 0 saturated carbocycles.